The third kappa shape index (κ3) is 5.65. The molecule has 2 aromatic carbocycles. The third-order valence-electron chi connectivity index (χ3n) is 6.30. The molecule has 1 N–H and O–H groups in total. The Morgan fingerprint density at radius 3 is 2.67 bits per heavy atom. The summed E-state index contributed by atoms with van der Waals surface area (Å²) in [6, 6.07) is 15.9. The van der Waals surface area contributed by atoms with E-state index in [2.05, 4.69) is 44.7 Å². The smallest absolute Gasteiger partial charge is 0.253 e. The maximum Gasteiger partial charge on any atom is 0.253 e. The summed E-state index contributed by atoms with van der Waals surface area (Å²) in [6.45, 7) is 8.81. The van der Waals surface area contributed by atoms with Gasteiger partial charge in [0, 0.05) is 49.8 Å². The number of piperazine rings is 1. The summed E-state index contributed by atoms with van der Waals surface area (Å²) in [5.74, 6) is 1.64. The van der Waals surface area contributed by atoms with Gasteiger partial charge in [0.15, 0.2) is 11.6 Å². The second-order valence-corrected chi connectivity index (χ2v) is 9.40. The number of anilines is 2. The van der Waals surface area contributed by atoms with Crippen molar-refractivity contribution in [1.82, 2.24) is 9.88 Å². The van der Waals surface area contributed by atoms with Crippen LogP contribution in [0.4, 0.5) is 17.2 Å². The van der Waals surface area contributed by atoms with Crippen molar-refractivity contribution < 1.29 is 9.53 Å². The van der Waals surface area contributed by atoms with Crippen LogP contribution in [0.5, 0.6) is 5.75 Å². The zero-order chi connectivity index (χ0) is 25.5. The molecule has 3 aromatic rings. The Morgan fingerprint density at radius 2 is 1.97 bits per heavy atom. The minimum absolute atomic E-state index is 0.0557. The zero-order valence-electron chi connectivity index (χ0n) is 21.3. The van der Waals surface area contributed by atoms with E-state index in [1.165, 1.54) is 5.56 Å². The van der Waals surface area contributed by atoms with Crippen LogP contribution in [0.1, 0.15) is 35.3 Å². The number of amides is 1. The van der Waals surface area contributed by atoms with Crippen LogP contribution in [0.15, 0.2) is 64.6 Å². The number of nitrogens with zero attached hydrogens (tertiary/aromatic N) is 4. The van der Waals surface area contributed by atoms with E-state index in [1.807, 2.05) is 55.3 Å². The predicted molar refractivity (Wildman–Crippen MR) is 149 cm³/mol. The van der Waals surface area contributed by atoms with E-state index in [9.17, 15) is 4.79 Å². The van der Waals surface area contributed by atoms with Crippen LogP contribution in [0.2, 0.25) is 0 Å². The maximum atomic E-state index is 13.2. The first-order valence-corrected chi connectivity index (χ1v) is 13.0. The van der Waals surface area contributed by atoms with Gasteiger partial charge in [0.2, 0.25) is 0 Å². The molecule has 1 aliphatic heterocycles. The number of ether oxygens (including phenoxy) is 1. The van der Waals surface area contributed by atoms with Crippen LogP contribution in [-0.2, 0) is 6.42 Å². The highest BCUT2D eigenvalue weighted by molar-refractivity contribution is 8.00. The predicted octanol–water partition coefficient (Wildman–Crippen LogP) is 5.76. The molecule has 8 heteroatoms. The van der Waals surface area contributed by atoms with Crippen LogP contribution in [0.25, 0.3) is 0 Å². The SMILES string of the molecule is CC=Nc1c(CC)cccc1SNc1ccc(C(=O)N2CCN(c3ncccc3OC)CC2)cc1C. The van der Waals surface area contributed by atoms with Gasteiger partial charge in [-0.05, 0) is 79.7 Å². The molecule has 36 heavy (non-hydrogen) atoms. The van der Waals surface area contributed by atoms with E-state index in [-0.39, 0.29) is 5.91 Å². The van der Waals surface area contributed by atoms with Crippen molar-refractivity contribution in [2.24, 2.45) is 4.99 Å². The molecule has 7 nitrogen and oxygen atoms in total. The van der Waals surface area contributed by atoms with Crippen molar-refractivity contribution in [2.45, 2.75) is 32.1 Å². The molecule has 1 aliphatic rings. The minimum atomic E-state index is 0.0557. The maximum absolute atomic E-state index is 13.2. The van der Waals surface area contributed by atoms with Crippen molar-refractivity contribution in [3.8, 4) is 5.75 Å². The lowest BCUT2D eigenvalue weighted by molar-refractivity contribution is 0.0746. The number of nitrogens with one attached hydrogen (secondary N) is 1. The van der Waals surface area contributed by atoms with Crippen LogP contribution in [0.3, 0.4) is 0 Å². The Bertz CT molecular complexity index is 1240. The largest absolute Gasteiger partial charge is 0.493 e. The Labute approximate surface area is 217 Å². The molecule has 1 amide bonds. The number of benzene rings is 2. The number of pyridine rings is 1. The lowest BCUT2D eigenvalue weighted by Crippen LogP contribution is -2.49. The van der Waals surface area contributed by atoms with Crippen molar-refractivity contribution >= 4 is 41.3 Å². The molecule has 1 aromatic heterocycles. The van der Waals surface area contributed by atoms with E-state index < -0.39 is 0 Å². The van der Waals surface area contributed by atoms with Crippen LogP contribution >= 0.6 is 11.9 Å². The Kier molecular flexibility index (Phi) is 8.48. The normalized spacial score (nSPS) is 13.8. The fourth-order valence-corrected chi connectivity index (χ4v) is 5.19. The number of aliphatic imine (C=N–C) groups is 1. The molecule has 0 saturated carbocycles. The Balaban J connectivity index is 1.40. The number of aryl methyl sites for hydroxylation is 2. The number of hydrogen-bond donors (Lipinski definition) is 1. The highest BCUT2D eigenvalue weighted by Gasteiger charge is 2.24. The summed E-state index contributed by atoms with van der Waals surface area (Å²) in [5, 5.41) is 0. The summed E-state index contributed by atoms with van der Waals surface area (Å²) in [7, 11) is 1.65. The highest BCUT2D eigenvalue weighted by Crippen LogP contribution is 2.34. The summed E-state index contributed by atoms with van der Waals surface area (Å²) < 4.78 is 8.90. The van der Waals surface area contributed by atoms with Crippen LogP contribution < -0.4 is 14.4 Å². The highest BCUT2D eigenvalue weighted by atomic mass is 32.2. The minimum Gasteiger partial charge on any atom is -0.493 e. The van der Waals surface area contributed by atoms with E-state index in [1.54, 1.807) is 25.3 Å². The molecular weight excluding hydrogens is 470 g/mol. The number of hydrogen-bond acceptors (Lipinski definition) is 7. The van der Waals surface area contributed by atoms with Gasteiger partial charge in [0.05, 0.1) is 17.7 Å². The molecule has 1 fully saturated rings. The summed E-state index contributed by atoms with van der Waals surface area (Å²) in [6.07, 6.45) is 4.53. The second-order valence-electron chi connectivity index (χ2n) is 8.55. The summed E-state index contributed by atoms with van der Waals surface area (Å²) in [4.78, 5) is 27.4. The van der Waals surface area contributed by atoms with Gasteiger partial charge >= 0.3 is 0 Å². The monoisotopic (exact) mass is 503 g/mol. The number of aromatic nitrogens is 1. The quantitative estimate of drug-likeness (QED) is 0.311. The summed E-state index contributed by atoms with van der Waals surface area (Å²) >= 11 is 1.55. The molecule has 0 unspecified atom stereocenters. The molecule has 1 saturated heterocycles. The molecule has 0 spiro atoms. The van der Waals surface area contributed by atoms with Gasteiger partial charge < -0.3 is 19.3 Å². The van der Waals surface area contributed by atoms with Gasteiger partial charge in [-0.1, -0.05) is 19.1 Å². The molecule has 4 rings (SSSR count). The first-order chi connectivity index (χ1) is 17.5. The van der Waals surface area contributed by atoms with Gasteiger partial charge in [-0.3, -0.25) is 9.79 Å². The molecular formula is C28H33N5O2S. The van der Waals surface area contributed by atoms with E-state index in [4.69, 9.17) is 4.74 Å². The van der Waals surface area contributed by atoms with Crippen molar-refractivity contribution in [3.05, 3.63) is 71.4 Å². The second kappa shape index (κ2) is 11.9. The number of methoxy groups -OCH3 is 1. The third-order valence-corrected chi connectivity index (χ3v) is 7.17. The van der Waals surface area contributed by atoms with E-state index >= 15 is 0 Å². The van der Waals surface area contributed by atoms with Gasteiger partial charge in [-0.25, -0.2) is 4.98 Å². The number of rotatable bonds is 8. The van der Waals surface area contributed by atoms with Gasteiger partial charge in [-0.2, -0.15) is 0 Å². The lowest BCUT2D eigenvalue weighted by Gasteiger charge is -2.36. The van der Waals surface area contributed by atoms with Gasteiger partial charge in [-0.15, -0.1) is 0 Å². The summed E-state index contributed by atoms with van der Waals surface area (Å²) in [5.41, 5.74) is 4.94. The van der Waals surface area contributed by atoms with Crippen molar-refractivity contribution in [3.63, 3.8) is 0 Å². The van der Waals surface area contributed by atoms with Crippen LogP contribution in [0, 0.1) is 6.92 Å². The first kappa shape index (κ1) is 25.6. The number of carbonyl (C=O) groups excluding carboxylic acids is 1. The topological polar surface area (TPSA) is 70.1 Å². The Hall–Kier alpha value is -3.52. The van der Waals surface area contributed by atoms with E-state index in [0.717, 1.165) is 39.8 Å². The zero-order valence-corrected chi connectivity index (χ0v) is 22.1. The molecule has 0 radical (unpaired) electrons. The number of para-hydroxylation sites is 1. The van der Waals surface area contributed by atoms with Gasteiger partial charge in [0.1, 0.15) is 0 Å². The molecule has 2 heterocycles. The average molecular weight is 504 g/mol. The van der Waals surface area contributed by atoms with Crippen LogP contribution in [-0.4, -0.2) is 55.3 Å². The average Bonchev–Trinajstić information content (AvgIpc) is 2.92. The van der Waals surface area contributed by atoms with Gasteiger partial charge in [0.25, 0.3) is 5.91 Å². The van der Waals surface area contributed by atoms with Crippen molar-refractivity contribution in [2.75, 3.05) is 42.9 Å². The molecule has 188 valence electrons. The Morgan fingerprint density at radius 1 is 1.17 bits per heavy atom. The molecule has 0 atom stereocenters. The fourth-order valence-electron chi connectivity index (χ4n) is 4.32. The molecule has 0 aliphatic carbocycles. The fraction of sp³-hybridized carbons (Fsp3) is 0.321. The lowest BCUT2D eigenvalue weighted by atomic mass is 10.1. The molecule has 0 bridgehead atoms. The van der Waals surface area contributed by atoms with E-state index in [0.29, 0.717) is 31.7 Å². The van der Waals surface area contributed by atoms with Crippen molar-refractivity contribution in [1.29, 1.82) is 0 Å². The first-order valence-electron chi connectivity index (χ1n) is 12.2. The number of carbonyl (C=O) groups is 1. The standard InChI is InChI=1S/C28H33N5O2S/c1-5-21-9-7-11-25(26(21)29-6-2)36-31-23-13-12-22(19-20(23)3)28(34)33-17-15-32(16-18-33)27-24(35-4)10-8-14-30-27/h6-14,19,31H,5,15-18H2,1-4H3.